The van der Waals surface area contributed by atoms with Crippen LogP contribution in [0.3, 0.4) is 0 Å². The fourth-order valence-electron chi connectivity index (χ4n) is 4.50. The van der Waals surface area contributed by atoms with Crippen LogP contribution < -0.4 is 10.6 Å². The first-order valence-electron chi connectivity index (χ1n) is 14.0. The van der Waals surface area contributed by atoms with E-state index in [0.29, 0.717) is 11.1 Å². The Labute approximate surface area is 247 Å². The van der Waals surface area contributed by atoms with Gasteiger partial charge in [-0.25, -0.2) is 4.79 Å². The lowest BCUT2D eigenvalue weighted by molar-refractivity contribution is -0.144. The Morgan fingerprint density at radius 1 is 1.00 bits per heavy atom. The maximum atomic E-state index is 14.3. The highest BCUT2D eigenvalue weighted by molar-refractivity contribution is 5.93. The second kappa shape index (κ2) is 15.8. The molecule has 42 heavy (non-hydrogen) atoms. The van der Waals surface area contributed by atoms with Gasteiger partial charge in [0, 0.05) is 19.5 Å². The number of aliphatic hydroxyl groups excluding tert-OH is 1. The van der Waals surface area contributed by atoms with Gasteiger partial charge in [-0.15, -0.1) is 0 Å². The van der Waals surface area contributed by atoms with Crippen molar-refractivity contribution in [3.05, 3.63) is 64.7 Å². The largest absolute Gasteiger partial charge is 0.508 e. The van der Waals surface area contributed by atoms with Gasteiger partial charge < -0.3 is 35.2 Å². The van der Waals surface area contributed by atoms with E-state index in [2.05, 4.69) is 10.6 Å². The first-order chi connectivity index (χ1) is 19.8. The number of aliphatic hydroxyl groups is 1. The van der Waals surface area contributed by atoms with Crippen molar-refractivity contribution in [3.63, 3.8) is 0 Å². The van der Waals surface area contributed by atoms with Crippen LogP contribution in [0.5, 0.6) is 5.75 Å². The van der Waals surface area contributed by atoms with Gasteiger partial charge in [0.15, 0.2) is 0 Å². The van der Waals surface area contributed by atoms with E-state index in [9.17, 15) is 29.4 Å². The summed E-state index contributed by atoms with van der Waals surface area (Å²) in [7, 11) is 0. The van der Waals surface area contributed by atoms with E-state index in [4.69, 9.17) is 9.47 Å². The summed E-state index contributed by atoms with van der Waals surface area (Å²) in [5.74, 6) is -1.62. The molecule has 2 unspecified atom stereocenters. The molecule has 0 saturated heterocycles. The molecule has 0 aromatic heterocycles. The van der Waals surface area contributed by atoms with Gasteiger partial charge in [0.05, 0.1) is 19.6 Å². The van der Waals surface area contributed by atoms with Crippen LogP contribution in [0.15, 0.2) is 42.5 Å². The molecule has 4 N–H and O–H groups in total. The molecule has 11 heteroatoms. The number of hydrogen-bond donors (Lipinski definition) is 4. The van der Waals surface area contributed by atoms with Gasteiger partial charge in [-0.3, -0.25) is 14.4 Å². The Bertz CT molecular complexity index is 1200. The first-order valence-corrected chi connectivity index (χ1v) is 14.0. The molecule has 3 amide bonds. The number of aryl methyl sites for hydroxylation is 2. The van der Waals surface area contributed by atoms with E-state index < -0.39 is 48.2 Å². The number of phenols is 1. The Kier molecular flexibility index (Phi) is 12.8. The minimum atomic E-state index is -1.19. The summed E-state index contributed by atoms with van der Waals surface area (Å²) >= 11 is 0. The highest BCUT2D eigenvalue weighted by atomic mass is 16.6. The van der Waals surface area contributed by atoms with Gasteiger partial charge in [-0.05, 0) is 75.9 Å². The van der Waals surface area contributed by atoms with E-state index in [1.54, 1.807) is 39.8 Å². The second-order valence-electron chi connectivity index (χ2n) is 10.9. The molecule has 230 valence electrons. The zero-order chi connectivity index (χ0) is 31.4. The molecule has 0 aliphatic carbocycles. The molecule has 2 rings (SSSR count). The number of aromatic hydroxyl groups is 1. The summed E-state index contributed by atoms with van der Waals surface area (Å²) in [4.78, 5) is 53.9. The van der Waals surface area contributed by atoms with Crippen LogP contribution in [0.1, 0.15) is 62.4 Å². The number of carbonyl (C=O) groups excluding carboxylic acids is 4. The molecule has 2 aromatic rings. The normalized spacial score (nSPS) is 12.5. The van der Waals surface area contributed by atoms with E-state index in [-0.39, 0.29) is 38.3 Å². The molecule has 0 aliphatic heterocycles. The molecule has 2 aromatic carbocycles. The number of amides is 3. The predicted octanol–water partition coefficient (Wildman–Crippen LogP) is 3.08. The number of carbonyl (C=O) groups is 4. The zero-order valence-corrected chi connectivity index (χ0v) is 25.2. The van der Waals surface area contributed by atoms with Crippen molar-refractivity contribution in [2.24, 2.45) is 0 Å². The molecule has 2 atom stereocenters. The van der Waals surface area contributed by atoms with Crippen molar-refractivity contribution in [2.45, 2.75) is 72.1 Å². The first kappa shape index (κ1) is 34.1. The average molecular weight is 586 g/mol. The molecule has 0 bridgehead atoms. The van der Waals surface area contributed by atoms with Gasteiger partial charge in [0.2, 0.25) is 11.8 Å². The summed E-state index contributed by atoms with van der Waals surface area (Å²) in [6, 6.07) is 9.26. The zero-order valence-electron chi connectivity index (χ0n) is 25.2. The van der Waals surface area contributed by atoms with Crippen molar-refractivity contribution in [1.82, 2.24) is 15.5 Å². The Morgan fingerprint density at radius 3 is 2.17 bits per heavy atom. The smallest absolute Gasteiger partial charge is 0.408 e. The molecule has 0 spiro atoms. The minimum Gasteiger partial charge on any atom is -0.508 e. The lowest BCUT2D eigenvalue weighted by Crippen LogP contribution is -2.54. The van der Waals surface area contributed by atoms with Gasteiger partial charge in [-0.1, -0.05) is 30.3 Å². The SMILES string of the molecule is CCOC(=O)CCNC(=O)C(c1c(C)cccc1C)N(CCO)C(=O)C(Cc1ccc(O)cc1)NC(=O)OC(C)(C)C. The Hall–Kier alpha value is -4.12. The van der Waals surface area contributed by atoms with Crippen LogP contribution in [-0.2, 0) is 30.3 Å². The number of nitrogens with one attached hydrogen (secondary N) is 2. The van der Waals surface area contributed by atoms with Crippen LogP contribution >= 0.6 is 0 Å². The topological polar surface area (TPSA) is 154 Å². The number of nitrogens with zero attached hydrogens (tertiary/aromatic N) is 1. The van der Waals surface area contributed by atoms with Crippen LogP contribution in [0.2, 0.25) is 0 Å². The van der Waals surface area contributed by atoms with Crippen LogP contribution in [0.4, 0.5) is 4.79 Å². The molecule has 0 heterocycles. The van der Waals surface area contributed by atoms with E-state index >= 15 is 0 Å². The van der Waals surface area contributed by atoms with Gasteiger partial charge in [0.25, 0.3) is 0 Å². The van der Waals surface area contributed by atoms with Crippen molar-refractivity contribution >= 4 is 23.9 Å². The second-order valence-corrected chi connectivity index (χ2v) is 10.9. The molecule has 0 fully saturated rings. The number of alkyl carbamates (subject to hydrolysis) is 1. The van der Waals surface area contributed by atoms with Crippen molar-refractivity contribution in [1.29, 1.82) is 0 Å². The third-order valence-electron chi connectivity index (χ3n) is 6.30. The summed E-state index contributed by atoms with van der Waals surface area (Å²) < 4.78 is 10.4. The predicted molar refractivity (Wildman–Crippen MR) is 157 cm³/mol. The Balaban J connectivity index is 2.53. The molecule has 0 aliphatic rings. The number of benzene rings is 2. The molecule has 0 saturated carbocycles. The fraction of sp³-hybridized carbons (Fsp3) is 0.484. The lowest BCUT2D eigenvalue weighted by Gasteiger charge is -2.35. The number of hydrogen-bond acceptors (Lipinski definition) is 8. The Morgan fingerprint density at radius 2 is 1.62 bits per heavy atom. The summed E-state index contributed by atoms with van der Waals surface area (Å²) in [5, 5.41) is 25.1. The minimum absolute atomic E-state index is 0.0181. The number of phenolic OH excluding ortho intramolecular Hbond substituents is 1. The lowest BCUT2D eigenvalue weighted by atomic mass is 9.93. The highest BCUT2D eigenvalue weighted by Gasteiger charge is 2.37. The fourth-order valence-corrected chi connectivity index (χ4v) is 4.50. The third kappa shape index (κ3) is 10.4. The van der Waals surface area contributed by atoms with E-state index in [1.807, 2.05) is 32.0 Å². The molecule has 11 nitrogen and oxygen atoms in total. The monoisotopic (exact) mass is 585 g/mol. The average Bonchev–Trinajstić information content (AvgIpc) is 2.89. The maximum absolute atomic E-state index is 14.3. The van der Waals surface area contributed by atoms with Crippen LogP contribution in [-0.4, -0.2) is 76.9 Å². The standard InChI is InChI=1S/C31H43N3O8/c1-7-41-25(37)15-16-32-28(38)27(26-20(2)9-8-10-21(26)3)34(17-18-35)29(39)24(33-30(40)42-31(4,5)6)19-22-11-13-23(36)14-12-22/h8-14,24,27,35-36H,7,15-19H2,1-6H3,(H,32,38)(H,33,40). The van der Waals surface area contributed by atoms with Crippen LogP contribution in [0.25, 0.3) is 0 Å². The summed E-state index contributed by atoms with van der Waals surface area (Å²) in [5.41, 5.74) is 1.85. The van der Waals surface area contributed by atoms with Gasteiger partial charge >= 0.3 is 12.1 Å². The van der Waals surface area contributed by atoms with Crippen LogP contribution in [0, 0.1) is 13.8 Å². The molecular formula is C31H43N3O8. The number of rotatable bonds is 13. The number of ether oxygens (including phenoxy) is 2. The van der Waals surface area contributed by atoms with E-state index in [0.717, 1.165) is 11.1 Å². The van der Waals surface area contributed by atoms with Crippen molar-refractivity contribution in [3.8, 4) is 5.75 Å². The maximum Gasteiger partial charge on any atom is 0.408 e. The van der Waals surface area contributed by atoms with Gasteiger partial charge in [-0.2, -0.15) is 0 Å². The summed E-state index contributed by atoms with van der Waals surface area (Å²) in [6.45, 7) is 9.91. The molecule has 0 radical (unpaired) electrons. The van der Waals surface area contributed by atoms with Crippen molar-refractivity contribution in [2.75, 3.05) is 26.3 Å². The number of esters is 1. The molecular weight excluding hydrogens is 542 g/mol. The third-order valence-corrected chi connectivity index (χ3v) is 6.30. The highest BCUT2D eigenvalue weighted by Crippen LogP contribution is 2.29. The summed E-state index contributed by atoms with van der Waals surface area (Å²) in [6.07, 6.45) is -0.868. The van der Waals surface area contributed by atoms with Crippen molar-refractivity contribution < 1.29 is 38.9 Å². The van der Waals surface area contributed by atoms with E-state index in [1.165, 1.54) is 17.0 Å². The quantitative estimate of drug-likeness (QED) is 0.262. The van der Waals surface area contributed by atoms with Gasteiger partial charge in [0.1, 0.15) is 23.4 Å².